The Labute approximate surface area is 122 Å². The average molecular weight is 427 g/mol. The SMILES string of the molecule is N#[N+]c1ccc(I)c(S(=O)(=O)O)c1S(=O)(=O)O.[Cl-]. The van der Waals surface area contributed by atoms with E-state index in [1.54, 1.807) is 0 Å². The van der Waals surface area contributed by atoms with E-state index in [-0.39, 0.29) is 16.0 Å². The maximum absolute atomic E-state index is 11.0. The summed E-state index contributed by atoms with van der Waals surface area (Å²) >= 11 is 1.45. The van der Waals surface area contributed by atoms with Crippen molar-refractivity contribution in [3.8, 4) is 0 Å². The van der Waals surface area contributed by atoms with E-state index in [1.165, 1.54) is 22.6 Å². The van der Waals surface area contributed by atoms with Crippen molar-refractivity contribution in [3.05, 3.63) is 20.7 Å². The number of rotatable bonds is 2. The molecule has 18 heavy (non-hydrogen) atoms. The van der Waals surface area contributed by atoms with E-state index < -0.39 is 35.7 Å². The highest BCUT2D eigenvalue weighted by Gasteiger charge is 2.35. The minimum Gasteiger partial charge on any atom is -1.00 e. The molecule has 0 aliphatic heterocycles. The quantitative estimate of drug-likeness (QED) is 0.326. The van der Waals surface area contributed by atoms with Gasteiger partial charge in [0.2, 0.25) is 10.3 Å². The first-order chi connectivity index (χ1) is 7.59. The largest absolute Gasteiger partial charge is 1.00 e. The van der Waals surface area contributed by atoms with Gasteiger partial charge in [-0.25, -0.2) is 0 Å². The second-order valence-corrected chi connectivity index (χ2v) is 6.65. The molecule has 2 N–H and O–H groups in total. The van der Waals surface area contributed by atoms with Gasteiger partial charge in [0.25, 0.3) is 10.1 Å². The number of hydrogen-bond acceptors (Lipinski definition) is 5. The van der Waals surface area contributed by atoms with Gasteiger partial charge in [0.15, 0.2) is 4.98 Å². The second-order valence-electron chi connectivity index (χ2n) is 2.77. The molecule has 8 nitrogen and oxygen atoms in total. The normalized spacial score (nSPS) is 11.4. The molecule has 1 rings (SSSR count). The van der Waals surface area contributed by atoms with Gasteiger partial charge >= 0.3 is 15.8 Å². The zero-order valence-corrected chi connectivity index (χ0v) is 12.7. The monoisotopic (exact) mass is 426 g/mol. The summed E-state index contributed by atoms with van der Waals surface area (Å²) in [5.74, 6) is 0. The molecule has 0 fully saturated rings. The minimum atomic E-state index is -4.98. The van der Waals surface area contributed by atoms with Gasteiger partial charge in [-0.15, -0.1) is 0 Å². The summed E-state index contributed by atoms with van der Waals surface area (Å²) in [6.07, 6.45) is 0. The number of halogens is 2. The van der Waals surface area contributed by atoms with Crippen LogP contribution in [0.1, 0.15) is 0 Å². The van der Waals surface area contributed by atoms with Gasteiger partial charge in [-0.2, -0.15) is 16.8 Å². The molecule has 0 radical (unpaired) electrons. The number of benzene rings is 1. The predicted octanol–water partition coefficient (Wildman–Crippen LogP) is -1.73. The lowest BCUT2D eigenvalue weighted by molar-refractivity contribution is -0.0000117. The predicted molar refractivity (Wildman–Crippen MR) is 63.5 cm³/mol. The summed E-state index contributed by atoms with van der Waals surface area (Å²) in [6, 6.07) is 2.08. The van der Waals surface area contributed by atoms with Crippen LogP contribution in [0.3, 0.4) is 0 Å². The molecule has 0 amide bonds. The fourth-order valence-corrected chi connectivity index (χ4v) is 4.57. The maximum Gasteiger partial charge on any atom is 0.407 e. The Hall–Kier alpha value is -0.520. The molecule has 1 aromatic rings. The Kier molecular flexibility index (Phi) is 5.47. The third kappa shape index (κ3) is 3.49. The summed E-state index contributed by atoms with van der Waals surface area (Å²) in [6.45, 7) is 0. The van der Waals surface area contributed by atoms with E-state index in [1.807, 2.05) is 0 Å². The van der Waals surface area contributed by atoms with Crippen molar-refractivity contribution in [3.63, 3.8) is 0 Å². The Morgan fingerprint density at radius 1 is 1.06 bits per heavy atom. The van der Waals surface area contributed by atoms with Crippen molar-refractivity contribution in [2.75, 3.05) is 0 Å². The first-order valence-electron chi connectivity index (χ1n) is 3.71. The third-order valence-corrected chi connectivity index (χ3v) is 4.93. The Morgan fingerprint density at radius 2 is 1.50 bits per heavy atom. The van der Waals surface area contributed by atoms with E-state index in [0.717, 1.165) is 12.1 Å². The highest BCUT2D eigenvalue weighted by Crippen LogP contribution is 2.34. The standard InChI is InChI=1S/C6H3IN2O6S2.ClH/c7-3-1-2-4(9-8)6(17(13,14)15)5(3)16(10,11)12;/h1-2H,(H-,10,11,12,13,14,15);1H. The molecule has 0 aromatic heterocycles. The summed E-state index contributed by atoms with van der Waals surface area (Å²) in [5, 5.41) is 8.53. The van der Waals surface area contributed by atoms with E-state index in [4.69, 9.17) is 14.5 Å². The molecule has 0 bridgehead atoms. The van der Waals surface area contributed by atoms with Gasteiger partial charge in [0.05, 0.1) is 0 Å². The maximum atomic E-state index is 11.0. The number of nitrogens with zero attached hydrogens (tertiary/aromatic N) is 2. The summed E-state index contributed by atoms with van der Waals surface area (Å²) in [4.78, 5) is 0.331. The van der Waals surface area contributed by atoms with Crippen LogP contribution in [0.5, 0.6) is 0 Å². The Balaban J connectivity index is 0.00000289. The minimum absolute atomic E-state index is 0. The molecule has 0 spiro atoms. The molecule has 1 aromatic carbocycles. The van der Waals surface area contributed by atoms with Crippen molar-refractivity contribution in [1.29, 1.82) is 5.39 Å². The molecule has 100 valence electrons. The van der Waals surface area contributed by atoms with Gasteiger partial charge in [0.1, 0.15) is 4.90 Å². The molecule has 0 unspecified atom stereocenters. The van der Waals surface area contributed by atoms with Gasteiger partial charge in [0, 0.05) is 9.64 Å². The first-order valence-corrected chi connectivity index (χ1v) is 7.67. The summed E-state index contributed by atoms with van der Waals surface area (Å²) in [5.41, 5.74) is -0.694. The van der Waals surface area contributed by atoms with Crippen molar-refractivity contribution >= 4 is 48.5 Å². The van der Waals surface area contributed by atoms with E-state index in [9.17, 15) is 16.8 Å². The van der Waals surface area contributed by atoms with Gasteiger partial charge in [-0.05, 0) is 28.7 Å². The summed E-state index contributed by atoms with van der Waals surface area (Å²) in [7, 11) is -9.88. The first kappa shape index (κ1) is 17.5. The molecule has 0 saturated heterocycles. The van der Waals surface area contributed by atoms with Crippen LogP contribution in [0.2, 0.25) is 0 Å². The third-order valence-electron chi connectivity index (χ3n) is 1.67. The van der Waals surface area contributed by atoms with Gasteiger partial charge in [-0.1, -0.05) is 0 Å². The Morgan fingerprint density at radius 3 is 1.83 bits per heavy atom. The van der Waals surface area contributed by atoms with Crippen LogP contribution < -0.4 is 12.4 Å². The fourth-order valence-electron chi connectivity index (χ4n) is 1.10. The number of diazo groups is 1. The van der Waals surface area contributed by atoms with Crippen LogP contribution in [0.25, 0.3) is 4.98 Å². The van der Waals surface area contributed by atoms with Crippen LogP contribution in [-0.2, 0) is 20.2 Å². The van der Waals surface area contributed by atoms with Gasteiger partial charge < -0.3 is 12.4 Å². The molecule has 0 saturated carbocycles. The summed E-state index contributed by atoms with van der Waals surface area (Å²) < 4.78 is 61.8. The average Bonchev–Trinajstić information content (AvgIpc) is 2.13. The highest BCUT2D eigenvalue weighted by atomic mass is 127. The van der Waals surface area contributed by atoms with Gasteiger partial charge in [-0.3, -0.25) is 9.11 Å². The van der Waals surface area contributed by atoms with E-state index >= 15 is 0 Å². The van der Waals surface area contributed by atoms with Crippen molar-refractivity contribution < 1.29 is 38.3 Å². The van der Waals surface area contributed by atoms with Crippen LogP contribution in [0, 0.1) is 8.96 Å². The van der Waals surface area contributed by atoms with E-state index in [2.05, 4.69) is 4.98 Å². The lowest BCUT2D eigenvalue weighted by Crippen LogP contribution is -3.00. The molecule has 0 aliphatic carbocycles. The lowest BCUT2D eigenvalue weighted by atomic mass is 10.3. The molecular formula is C6H4ClIN2O6S2. The van der Waals surface area contributed by atoms with Crippen LogP contribution in [0.4, 0.5) is 5.69 Å². The van der Waals surface area contributed by atoms with Crippen LogP contribution >= 0.6 is 22.6 Å². The molecule has 0 atom stereocenters. The topological polar surface area (TPSA) is 137 Å². The van der Waals surface area contributed by atoms with Crippen molar-refractivity contribution in [1.82, 2.24) is 0 Å². The Bertz CT molecular complexity index is 723. The number of hydrogen-bond donors (Lipinski definition) is 2. The second kappa shape index (κ2) is 5.63. The highest BCUT2D eigenvalue weighted by molar-refractivity contribution is 14.1. The molecular weight excluding hydrogens is 423 g/mol. The smallest absolute Gasteiger partial charge is 0.407 e. The zero-order chi connectivity index (χ0) is 13.4. The molecule has 12 heteroatoms. The van der Waals surface area contributed by atoms with Crippen LogP contribution in [0.15, 0.2) is 21.9 Å². The van der Waals surface area contributed by atoms with Crippen molar-refractivity contribution in [2.24, 2.45) is 0 Å². The molecule has 0 heterocycles. The molecule has 0 aliphatic rings. The van der Waals surface area contributed by atoms with E-state index in [0.29, 0.717) is 0 Å². The van der Waals surface area contributed by atoms with Crippen molar-refractivity contribution in [2.45, 2.75) is 9.79 Å². The zero-order valence-electron chi connectivity index (χ0n) is 8.15. The fraction of sp³-hybridized carbons (Fsp3) is 0. The van der Waals surface area contributed by atoms with Crippen LogP contribution in [-0.4, -0.2) is 25.9 Å². The lowest BCUT2D eigenvalue weighted by Gasteiger charge is -2.03.